The van der Waals surface area contributed by atoms with Gasteiger partial charge in [-0.3, -0.25) is 9.59 Å². The summed E-state index contributed by atoms with van der Waals surface area (Å²) in [5, 5.41) is 4.62. The second-order valence-corrected chi connectivity index (χ2v) is 10.1. The number of nitrogens with one attached hydrogen (secondary N) is 1. The van der Waals surface area contributed by atoms with Crippen LogP contribution in [0.5, 0.6) is 5.75 Å². The fourth-order valence-electron chi connectivity index (χ4n) is 4.20. The Morgan fingerprint density at radius 3 is 2.29 bits per heavy atom. The summed E-state index contributed by atoms with van der Waals surface area (Å²) in [5.41, 5.74) is 2.52. The number of rotatable bonds is 8. The van der Waals surface area contributed by atoms with Crippen LogP contribution in [0.4, 0.5) is 0 Å². The molecule has 1 fully saturated rings. The topological polar surface area (TPSA) is 58.6 Å². The lowest BCUT2D eigenvalue weighted by molar-refractivity contribution is -0.142. The van der Waals surface area contributed by atoms with Crippen molar-refractivity contribution in [2.45, 2.75) is 71.5 Å². The quantitative estimate of drug-likeness (QED) is 0.427. The first kappa shape index (κ1) is 26.7. The largest absolute Gasteiger partial charge is 0.484 e. The smallest absolute Gasteiger partial charge is 0.261 e. The number of nitrogens with zero attached hydrogens (tertiary/aromatic N) is 1. The van der Waals surface area contributed by atoms with E-state index < -0.39 is 6.04 Å². The Hall–Kier alpha value is -1.95. The van der Waals surface area contributed by atoms with Gasteiger partial charge in [0.15, 0.2) is 6.61 Å². The Balaban J connectivity index is 1.75. The van der Waals surface area contributed by atoms with Gasteiger partial charge in [-0.1, -0.05) is 60.1 Å². The third-order valence-electron chi connectivity index (χ3n) is 6.23. The van der Waals surface area contributed by atoms with Gasteiger partial charge < -0.3 is 15.0 Å². The molecule has 0 bridgehead atoms. The fraction of sp³-hybridized carbons (Fsp3) is 0.462. The summed E-state index contributed by atoms with van der Waals surface area (Å²) in [4.78, 5) is 27.9. The molecule has 8 heteroatoms. The standard InChI is InChI=1S/C26H31Cl3N2O3/c1-16-11-21(12-17(2)25(16)29)34-15-24(32)31(14-19-9-10-22(27)23(28)13-19)18(3)26(33)30-20-7-5-4-6-8-20/h9-13,18,20H,4-8,14-15H2,1-3H3,(H,30,33). The van der Waals surface area contributed by atoms with Gasteiger partial charge >= 0.3 is 0 Å². The number of ether oxygens (including phenoxy) is 1. The minimum absolute atomic E-state index is 0.155. The molecular weight excluding hydrogens is 495 g/mol. The van der Waals surface area contributed by atoms with Crippen molar-refractivity contribution in [1.82, 2.24) is 10.2 Å². The first-order chi connectivity index (χ1) is 16.2. The highest BCUT2D eigenvalue weighted by atomic mass is 35.5. The molecule has 34 heavy (non-hydrogen) atoms. The SMILES string of the molecule is Cc1cc(OCC(=O)N(Cc2ccc(Cl)c(Cl)c2)C(C)C(=O)NC2CCCCC2)cc(C)c1Cl. The molecule has 1 saturated carbocycles. The molecule has 1 aliphatic rings. The molecule has 0 aromatic heterocycles. The zero-order valence-electron chi connectivity index (χ0n) is 19.8. The van der Waals surface area contributed by atoms with E-state index in [0.29, 0.717) is 20.8 Å². The second kappa shape index (κ2) is 12.1. The molecule has 2 amide bonds. The van der Waals surface area contributed by atoms with Gasteiger partial charge in [0.25, 0.3) is 5.91 Å². The Kier molecular flexibility index (Phi) is 9.52. The second-order valence-electron chi connectivity index (χ2n) is 8.95. The summed E-state index contributed by atoms with van der Waals surface area (Å²) in [7, 11) is 0. The molecular formula is C26H31Cl3N2O3. The van der Waals surface area contributed by atoms with Crippen molar-refractivity contribution in [3.05, 3.63) is 62.1 Å². The monoisotopic (exact) mass is 524 g/mol. The maximum Gasteiger partial charge on any atom is 0.261 e. The van der Waals surface area contributed by atoms with Crippen molar-refractivity contribution >= 4 is 46.6 Å². The lowest BCUT2D eigenvalue weighted by atomic mass is 9.95. The third-order valence-corrected chi connectivity index (χ3v) is 7.56. The van der Waals surface area contributed by atoms with Crippen LogP contribution >= 0.6 is 34.8 Å². The Labute approximate surface area is 216 Å². The number of benzene rings is 2. The number of hydrogen-bond donors (Lipinski definition) is 1. The molecule has 3 rings (SSSR count). The molecule has 1 aliphatic carbocycles. The Bertz CT molecular complexity index is 1010. The Morgan fingerprint density at radius 2 is 1.68 bits per heavy atom. The van der Waals surface area contributed by atoms with E-state index in [-0.39, 0.29) is 31.0 Å². The van der Waals surface area contributed by atoms with Crippen LogP contribution in [0.3, 0.4) is 0 Å². The molecule has 0 aliphatic heterocycles. The maximum absolute atomic E-state index is 13.3. The van der Waals surface area contributed by atoms with E-state index in [1.807, 2.05) is 13.8 Å². The molecule has 1 N–H and O–H groups in total. The van der Waals surface area contributed by atoms with Gasteiger partial charge in [-0.05, 0) is 74.6 Å². The van der Waals surface area contributed by atoms with Crippen molar-refractivity contribution in [3.8, 4) is 5.75 Å². The number of hydrogen-bond acceptors (Lipinski definition) is 3. The Morgan fingerprint density at radius 1 is 1.03 bits per heavy atom. The summed E-state index contributed by atoms with van der Waals surface area (Å²) < 4.78 is 5.80. The van der Waals surface area contributed by atoms with Crippen LogP contribution in [0.1, 0.15) is 55.7 Å². The molecule has 0 saturated heterocycles. The van der Waals surface area contributed by atoms with Gasteiger partial charge in [0, 0.05) is 17.6 Å². The first-order valence-electron chi connectivity index (χ1n) is 11.6. The van der Waals surface area contributed by atoms with E-state index in [0.717, 1.165) is 42.4 Å². The van der Waals surface area contributed by atoms with Gasteiger partial charge in [-0.15, -0.1) is 0 Å². The normalized spacial score (nSPS) is 15.0. The van der Waals surface area contributed by atoms with Crippen LogP contribution in [0.15, 0.2) is 30.3 Å². The van der Waals surface area contributed by atoms with E-state index in [4.69, 9.17) is 39.5 Å². The van der Waals surface area contributed by atoms with E-state index in [1.54, 1.807) is 37.3 Å². The van der Waals surface area contributed by atoms with Crippen LogP contribution in [0, 0.1) is 13.8 Å². The molecule has 1 atom stereocenters. The van der Waals surface area contributed by atoms with Crippen molar-refractivity contribution in [1.29, 1.82) is 0 Å². The van der Waals surface area contributed by atoms with Crippen LogP contribution in [-0.2, 0) is 16.1 Å². The predicted molar refractivity (Wildman–Crippen MR) is 138 cm³/mol. The molecule has 1 unspecified atom stereocenters. The van der Waals surface area contributed by atoms with Gasteiger partial charge in [0.1, 0.15) is 11.8 Å². The van der Waals surface area contributed by atoms with Gasteiger partial charge in [0.2, 0.25) is 5.91 Å². The fourth-order valence-corrected chi connectivity index (χ4v) is 4.63. The van der Waals surface area contributed by atoms with Crippen molar-refractivity contribution in [3.63, 3.8) is 0 Å². The molecule has 0 heterocycles. The van der Waals surface area contributed by atoms with Crippen molar-refractivity contribution < 1.29 is 14.3 Å². The lowest BCUT2D eigenvalue weighted by Crippen LogP contribution is -2.51. The van der Waals surface area contributed by atoms with Crippen molar-refractivity contribution in [2.24, 2.45) is 0 Å². The van der Waals surface area contributed by atoms with E-state index in [9.17, 15) is 9.59 Å². The highest BCUT2D eigenvalue weighted by Gasteiger charge is 2.28. The highest BCUT2D eigenvalue weighted by Crippen LogP contribution is 2.27. The average molecular weight is 526 g/mol. The zero-order chi connectivity index (χ0) is 24.8. The highest BCUT2D eigenvalue weighted by molar-refractivity contribution is 6.42. The molecule has 2 aromatic rings. The summed E-state index contributed by atoms with van der Waals surface area (Å²) in [6, 6.07) is 8.26. The van der Waals surface area contributed by atoms with E-state index in [1.165, 1.54) is 11.3 Å². The van der Waals surface area contributed by atoms with E-state index >= 15 is 0 Å². The number of halogens is 3. The summed E-state index contributed by atoms with van der Waals surface area (Å²) in [6.07, 6.45) is 5.36. The lowest BCUT2D eigenvalue weighted by Gasteiger charge is -2.31. The minimum atomic E-state index is -0.679. The van der Waals surface area contributed by atoms with Gasteiger partial charge in [-0.25, -0.2) is 0 Å². The van der Waals surface area contributed by atoms with Gasteiger partial charge in [-0.2, -0.15) is 0 Å². The van der Waals surface area contributed by atoms with Crippen LogP contribution in [-0.4, -0.2) is 35.4 Å². The average Bonchev–Trinajstić information content (AvgIpc) is 2.81. The van der Waals surface area contributed by atoms with E-state index in [2.05, 4.69) is 5.32 Å². The molecule has 184 valence electrons. The number of carbonyl (C=O) groups is 2. The minimum Gasteiger partial charge on any atom is -0.484 e. The van der Waals surface area contributed by atoms with Gasteiger partial charge in [0.05, 0.1) is 10.0 Å². The number of amides is 2. The molecule has 2 aromatic carbocycles. The molecule has 5 nitrogen and oxygen atoms in total. The predicted octanol–water partition coefficient (Wildman–Crippen LogP) is 6.51. The van der Waals surface area contributed by atoms with Crippen LogP contribution in [0.2, 0.25) is 15.1 Å². The van der Waals surface area contributed by atoms with Crippen LogP contribution in [0.25, 0.3) is 0 Å². The first-order valence-corrected chi connectivity index (χ1v) is 12.7. The van der Waals surface area contributed by atoms with Crippen molar-refractivity contribution in [2.75, 3.05) is 6.61 Å². The number of carbonyl (C=O) groups excluding carboxylic acids is 2. The maximum atomic E-state index is 13.3. The third kappa shape index (κ3) is 7.03. The summed E-state index contributed by atoms with van der Waals surface area (Å²) in [5.74, 6) is 0.0858. The number of aryl methyl sites for hydroxylation is 2. The molecule has 0 spiro atoms. The zero-order valence-corrected chi connectivity index (χ0v) is 22.1. The van der Waals surface area contributed by atoms with Crippen LogP contribution < -0.4 is 10.1 Å². The molecule has 0 radical (unpaired) electrons. The summed E-state index contributed by atoms with van der Waals surface area (Å²) >= 11 is 18.5. The summed E-state index contributed by atoms with van der Waals surface area (Å²) in [6.45, 7) is 5.51.